The fourth-order valence-corrected chi connectivity index (χ4v) is 3.23. The van der Waals surface area contributed by atoms with E-state index >= 15 is 0 Å². The summed E-state index contributed by atoms with van der Waals surface area (Å²) in [6, 6.07) is 8.69. The van der Waals surface area contributed by atoms with Crippen LogP contribution >= 0.6 is 15.9 Å². The van der Waals surface area contributed by atoms with Crippen LogP contribution < -0.4 is 9.64 Å². The fraction of sp³-hybridized carbons (Fsp3) is 0.471. The van der Waals surface area contributed by atoms with Crippen molar-refractivity contribution in [2.45, 2.75) is 32.7 Å². The molecular formula is C17H23BrN2O. The molecule has 0 bridgehead atoms. The highest BCUT2D eigenvalue weighted by atomic mass is 79.9. The first-order chi connectivity index (χ1) is 10.3. The fourth-order valence-electron chi connectivity index (χ4n) is 2.85. The van der Waals surface area contributed by atoms with Crippen molar-refractivity contribution < 1.29 is 4.74 Å². The maximum atomic E-state index is 5.48. The summed E-state index contributed by atoms with van der Waals surface area (Å²) in [5.41, 5.74) is 0. The molecule has 114 valence electrons. The van der Waals surface area contributed by atoms with E-state index in [2.05, 4.69) is 45.7 Å². The van der Waals surface area contributed by atoms with Crippen molar-refractivity contribution in [3.8, 4) is 5.75 Å². The first-order valence-electron chi connectivity index (χ1n) is 7.51. The predicted molar refractivity (Wildman–Crippen MR) is 93.8 cm³/mol. The summed E-state index contributed by atoms with van der Waals surface area (Å²) in [7, 11) is 1.71. The molecular weight excluding hydrogens is 328 g/mol. The van der Waals surface area contributed by atoms with Crippen molar-refractivity contribution in [3.05, 3.63) is 30.5 Å². The zero-order chi connectivity index (χ0) is 15.2. The summed E-state index contributed by atoms with van der Waals surface area (Å²) in [6.07, 6.45) is 4.11. The third-order valence-electron chi connectivity index (χ3n) is 3.95. The van der Waals surface area contributed by atoms with Crippen LogP contribution in [0.5, 0.6) is 5.75 Å². The summed E-state index contributed by atoms with van der Waals surface area (Å²) >= 11 is 3.57. The number of aromatic nitrogens is 1. The highest BCUT2D eigenvalue weighted by molar-refractivity contribution is 9.09. The Bertz CT molecular complexity index is 584. The second-order valence-corrected chi connectivity index (χ2v) is 5.84. The van der Waals surface area contributed by atoms with Crippen molar-refractivity contribution >= 4 is 32.5 Å². The third kappa shape index (κ3) is 3.31. The number of nitrogens with zero attached hydrogens (tertiary/aromatic N) is 2. The molecule has 4 heteroatoms. The summed E-state index contributed by atoms with van der Waals surface area (Å²) in [5, 5.41) is 3.21. The van der Waals surface area contributed by atoms with Gasteiger partial charge < -0.3 is 9.64 Å². The average Bonchev–Trinajstić information content (AvgIpc) is 2.54. The maximum Gasteiger partial charge on any atom is 0.136 e. The standard InChI is InChI=1S/C17H23BrN2O/c1-4-13(5-2)20(12-10-18)17-15-7-6-8-16(21-3)14(15)9-11-19-17/h6-9,11,13H,4-5,10,12H2,1-3H3. The van der Waals surface area contributed by atoms with Gasteiger partial charge in [0.2, 0.25) is 0 Å². The number of alkyl halides is 1. The van der Waals surface area contributed by atoms with Gasteiger partial charge in [-0.3, -0.25) is 0 Å². The van der Waals surface area contributed by atoms with Gasteiger partial charge in [0, 0.05) is 34.9 Å². The summed E-state index contributed by atoms with van der Waals surface area (Å²) in [5.74, 6) is 1.96. The van der Waals surface area contributed by atoms with Crippen LogP contribution in [0.25, 0.3) is 10.8 Å². The molecule has 3 nitrogen and oxygen atoms in total. The van der Waals surface area contributed by atoms with Crippen LogP contribution in [0.1, 0.15) is 26.7 Å². The molecule has 1 aromatic heterocycles. The normalized spacial score (nSPS) is 11.1. The van der Waals surface area contributed by atoms with Gasteiger partial charge >= 0.3 is 0 Å². The van der Waals surface area contributed by atoms with E-state index in [0.717, 1.165) is 47.1 Å². The molecule has 0 amide bonds. The molecule has 0 radical (unpaired) electrons. The van der Waals surface area contributed by atoms with Crippen LogP contribution in [0.3, 0.4) is 0 Å². The minimum absolute atomic E-state index is 0.506. The third-order valence-corrected chi connectivity index (χ3v) is 4.30. The lowest BCUT2D eigenvalue weighted by molar-refractivity contribution is 0.420. The molecule has 0 spiro atoms. The van der Waals surface area contributed by atoms with E-state index in [4.69, 9.17) is 4.74 Å². The van der Waals surface area contributed by atoms with E-state index < -0.39 is 0 Å². The smallest absolute Gasteiger partial charge is 0.136 e. The lowest BCUT2D eigenvalue weighted by Crippen LogP contribution is -2.36. The molecule has 2 rings (SSSR count). The Balaban J connectivity index is 2.57. The van der Waals surface area contributed by atoms with Gasteiger partial charge in [-0.1, -0.05) is 41.9 Å². The first-order valence-corrected chi connectivity index (χ1v) is 8.63. The number of methoxy groups -OCH3 is 1. The van der Waals surface area contributed by atoms with Gasteiger partial charge in [0.15, 0.2) is 0 Å². The maximum absolute atomic E-state index is 5.48. The minimum atomic E-state index is 0.506. The lowest BCUT2D eigenvalue weighted by atomic mass is 10.1. The summed E-state index contributed by atoms with van der Waals surface area (Å²) in [6.45, 7) is 5.43. The van der Waals surface area contributed by atoms with Crippen LogP contribution in [0, 0.1) is 0 Å². The van der Waals surface area contributed by atoms with E-state index in [1.54, 1.807) is 7.11 Å². The van der Waals surface area contributed by atoms with Gasteiger partial charge in [-0.25, -0.2) is 4.98 Å². The summed E-state index contributed by atoms with van der Waals surface area (Å²) in [4.78, 5) is 7.08. The Morgan fingerprint density at radius 1 is 1.19 bits per heavy atom. The van der Waals surface area contributed by atoms with Gasteiger partial charge in [-0.05, 0) is 25.0 Å². The number of hydrogen-bond donors (Lipinski definition) is 0. The Morgan fingerprint density at radius 3 is 2.57 bits per heavy atom. The van der Waals surface area contributed by atoms with E-state index in [1.807, 2.05) is 24.4 Å². The molecule has 0 atom stereocenters. The number of fused-ring (bicyclic) bond motifs is 1. The van der Waals surface area contributed by atoms with Crippen LogP contribution in [0.4, 0.5) is 5.82 Å². The molecule has 0 unspecified atom stereocenters. The summed E-state index contributed by atoms with van der Waals surface area (Å²) < 4.78 is 5.48. The number of ether oxygens (including phenoxy) is 1. The number of hydrogen-bond acceptors (Lipinski definition) is 3. The Morgan fingerprint density at radius 2 is 1.95 bits per heavy atom. The number of anilines is 1. The highest BCUT2D eigenvalue weighted by Gasteiger charge is 2.19. The molecule has 0 fully saturated rings. The van der Waals surface area contributed by atoms with Crippen LogP contribution in [-0.4, -0.2) is 30.0 Å². The van der Waals surface area contributed by atoms with E-state index in [1.165, 1.54) is 0 Å². The average molecular weight is 351 g/mol. The first kappa shape index (κ1) is 16.1. The monoisotopic (exact) mass is 350 g/mol. The molecule has 2 aromatic rings. The number of halogens is 1. The van der Waals surface area contributed by atoms with E-state index in [9.17, 15) is 0 Å². The second-order valence-electron chi connectivity index (χ2n) is 5.04. The van der Waals surface area contributed by atoms with E-state index in [0.29, 0.717) is 6.04 Å². The van der Waals surface area contributed by atoms with E-state index in [-0.39, 0.29) is 0 Å². The number of rotatable bonds is 7. The quantitative estimate of drug-likeness (QED) is 0.680. The second kappa shape index (κ2) is 7.64. The Kier molecular flexibility index (Phi) is 5.85. The zero-order valence-electron chi connectivity index (χ0n) is 13.0. The van der Waals surface area contributed by atoms with Gasteiger partial charge in [0.1, 0.15) is 11.6 Å². The Labute approximate surface area is 135 Å². The van der Waals surface area contributed by atoms with Crippen molar-refractivity contribution in [1.29, 1.82) is 0 Å². The lowest BCUT2D eigenvalue weighted by Gasteiger charge is -2.32. The molecule has 0 N–H and O–H groups in total. The SMILES string of the molecule is CCC(CC)N(CCBr)c1nccc2c(OC)cccc12. The zero-order valence-corrected chi connectivity index (χ0v) is 14.6. The van der Waals surface area contributed by atoms with Crippen LogP contribution in [-0.2, 0) is 0 Å². The van der Waals surface area contributed by atoms with Crippen molar-refractivity contribution in [1.82, 2.24) is 4.98 Å². The minimum Gasteiger partial charge on any atom is -0.496 e. The van der Waals surface area contributed by atoms with Crippen molar-refractivity contribution in [2.24, 2.45) is 0 Å². The van der Waals surface area contributed by atoms with Crippen LogP contribution in [0.2, 0.25) is 0 Å². The van der Waals surface area contributed by atoms with Gasteiger partial charge in [0.05, 0.1) is 7.11 Å². The van der Waals surface area contributed by atoms with Gasteiger partial charge in [-0.2, -0.15) is 0 Å². The van der Waals surface area contributed by atoms with Crippen molar-refractivity contribution in [2.75, 3.05) is 23.9 Å². The van der Waals surface area contributed by atoms with Gasteiger partial charge in [-0.15, -0.1) is 0 Å². The predicted octanol–water partition coefficient (Wildman–Crippen LogP) is 4.63. The topological polar surface area (TPSA) is 25.4 Å². The van der Waals surface area contributed by atoms with Crippen LogP contribution in [0.15, 0.2) is 30.5 Å². The van der Waals surface area contributed by atoms with Crippen molar-refractivity contribution in [3.63, 3.8) is 0 Å². The number of pyridine rings is 1. The molecule has 0 aliphatic rings. The molecule has 21 heavy (non-hydrogen) atoms. The molecule has 0 aliphatic carbocycles. The molecule has 1 aromatic carbocycles. The molecule has 0 saturated heterocycles. The molecule has 0 saturated carbocycles. The number of benzene rings is 1. The largest absolute Gasteiger partial charge is 0.496 e. The Hall–Kier alpha value is -1.29. The van der Waals surface area contributed by atoms with Gasteiger partial charge in [0.25, 0.3) is 0 Å². The highest BCUT2D eigenvalue weighted by Crippen LogP contribution is 2.32. The molecule has 1 heterocycles. The molecule has 0 aliphatic heterocycles.